The molecule has 2 saturated heterocycles. The van der Waals surface area contributed by atoms with Crippen molar-refractivity contribution in [2.24, 2.45) is 0 Å². The fourth-order valence-corrected chi connectivity index (χ4v) is 4.91. The molecule has 0 bridgehead atoms. The second-order valence-corrected chi connectivity index (χ2v) is 8.53. The highest BCUT2D eigenvalue weighted by molar-refractivity contribution is 7.10. The van der Waals surface area contributed by atoms with Crippen LogP contribution in [0.25, 0.3) is 5.76 Å². The number of hydrogen-bond donors (Lipinski definition) is 1. The number of morpholine rings is 1. The average Bonchev–Trinajstić information content (AvgIpc) is 3.42. The van der Waals surface area contributed by atoms with Crippen molar-refractivity contribution in [3.8, 4) is 5.75 Å². The maximum absolute atomic E-state index is 13.0. The lowest BCUT2D eigenvalue weighted by Gasteiger charge is -2.28. The van der Waals surface area contributed by atoms with Gasteiger partial charge in [-0.2, -0.15) is 0 Å². The molecule has 3 heterocycles. The molecule has 164 valence electrons. The van der Waals surface area contributed by atoms with Gasteiger partial charge in [0.15, 0.2) is 0 Å². The Kier molecular flexibility index (Phi) is 6.70. The molecule has 0 radical (unpaired) electrons. The highest BCUT2D eigenvalue weighted by Gasteiger charge is 2.46. The molecule has 31 heavy (non-hydrogen) atoms. The molecular formula is C23H26N2O5S. The summed E-state index contributed by atoms with van der Waals surface area (Å²) in [5.41, 5.74) is 0.583. The summed E-state index contributed by atoms with van der Waals surface area (Å²) in [7, 11) is 1.54. The van der Waals surface area contributed by atoms with Gasteiger partial charge in [0.2, 0.25) is 0 Å². The van der Waals surface area contributed by atoms with Crippen LogP contribution < -0.4 is 4.74 Å². The number of likely N-dealkylation sites (tertiary alicyclic amines) is 1. The first-order chi connectivity index (χ1) is 15.1. The summed E-state index contributed by atoms with van der Waals surface area (Å²) in [6.45, 7) is 4.48. The number of carbonyl (C=O) groups excluding carboxylic acids is 2. The second kappa shape index (κ2) is 9.64. The Morgan fingerprint density at radius 3 is 2.71 bits per heavy atom. The molecular weight excluding hydrogens is 416 g/mol. The number of methoxy groups -OCH3 is 1. The van der Waals surface area contributed by atoms with Gasteiger partial charge in [0, 0.05) is 36.6 Å². The summed E-state index contributed by atoms with van der Waals surface area (Å²) in [4.78, 5) is 30.7. The standard InChI is InChI=1S/C23H26N2O5S/c1-29-17-6-2-5-16(15-17)21(26)19-20(18-7-3-14-31-18)25(23(28)22(19)27)9-4-8-24-10-12-30-13-11-24/h2-3,5-7,14-15,20,26H,4,8-13H2,1H3/b21-19+/t20-/m1/s1. The Labute approximate surface area is 185 Å². The largest absolute Gasteiger partial charge is 0.507 e. The van der Waals surface area contributed by atoms with E-state index in [-0.39, 0.29) is 11.3 Å². The second-order valence-electron chi connectivity index (χ2n) is 7.55. The summed E-state index contributed by atoms with van der Waals surface area (Å²) in [6, 6.07) is 10.1. The molecule has 4 rings (SSSR count). The van der Waals surface area contributed by atoms with Gasteiger partial charge in [-0.1, -0.05) is 18.2 Å². The van der Waals surface area contributed by atoms with E-state index in [1.54, 1.807) is 29.2 Å². The third kappa shape index (κ3) is 4.51. The van der Waals surface area contributed by atoms with E-state index in [2.05, 4.69) is 4.90 Å². The smallest absolute Gasteiger partial charge is 0.295 e. The monoisotopic (exact) mass is 442 g/mol. The van der Waals surface area contributed by atoms with Crippen LogP contribution in [0, 0.1) is 0 Å². The zero-order chi connectivity index (χ0) is 21.8. The topological polar surface area (TPSA) is 79.3 Å². The fraction of sp³-hybridized carbons (Fsp3) is 0.391. The van der Waals surface area contributed by atoms with Crippen LogP contribution >= 0.6 is 11.3 Å². The molecule has 7 nitrogen and oxygen atoms in total. The molecule has 2 fully saturated rings. The van der Waals surface area contributed by atoms with Crippen LogP contribution in [0.2, 0.25) is 0 Å². The van der Waals surface area contributed by atoms with Crippen molar-refractivity contribution in [2.75, 3.05) is 46.5 Å². The first-order valence-corrected chi connectivity index (χ1v) is 11.2. The minimum atomic E-state index is -0.648. The van der Waals surface area contributed by atoms with Gasteiger partial charge < -0.3 is 19.5 Å². The molecule has 2 aromatic rings. The van der Waals surface area contributed by atoms with Gasteiger partial charge in [-0.05, 0) is 30.0 Å². The summed E-state index contributed by atoms with van der Waals surface area (Å²) < 4.78 is 10.6. The van der Waals surface area contributed by atoms with E-state index in [9.17, 15) is 14.7 Å². The number of aliphatic hydroxyl groups excluding tert-OH is 1. The predicted molar refractivity (Wildman–Crippen MR) is 118 cm³/mol. The van der Waals surface area contributed by atoms with E-state index in [1.807, 2.05) is 17.5 Å². The average molecular weight is 443 g/mol. The highest BCUT2D eigenvalue weighted by atomic mass is 32.1. The molecule has 1 atom stereocenters. The number of amides is 1. The van der Waals surface area contributed by atoms with E-state index in [4.69, 9.17) is 9.47 Å². The van der Waals surface area contributed by atoms with E-state index in [0.29, 0.717) is 17.9 Å². The molecule has 8 heteroatoms. The van der Waals surface area contributed by atoms with Crippen LogP contribution in [0.4, 0.5) is 0 Å². The maximum atomic E-state index is 13.0. The van der Waals surface area contributed by atoms with Crippen molar-refractivity contribution in [1.29, 1.82) is 0 Å². The Bertz CT molecular complexity index is 966. The Hall–Kier alpha value is -2.68. The van der Waals surface area contributed by atoms with Gasteiger partial charge in [0.05, 0.1) is 31.9 Å². The van der Waals surface area contributed by atoms with Crippen LogP contribution in [0.5, 0.6) is 5.75 Å². The zero-order valence-corrected chi connectivity index (χ0v) is 18.3. The number of carbonyl (C=O) groups is 2. The lowest BCUT2D eigenvalue weighted by molar-refractivity contribution is -0.140. The molecule has 0 spiro atoms. The van der Waals surface area contributed by atoms with Crippen LogP contribution in [-0.2, 0) is 14.3 Å². The molecule has 0 unspecified atom stereocenters. The van der Waals surface area contributed by atoms with Crippen LogP contribution in [0.3, 0.4) is 0 Å². The number of thiophene rings is 1. The molecule has 1 aromatic heterocycles. The number of ketones is 1. The van der Waals surface area contributed by atoms with Gasteiger partial charge in [-0.15, -0.1) is 11.3 Å². The molecule has 1 amide bonds. The first-order valence-electron chi connectivity index (χ1n) is 10.4. The molecule has 0 saturated carbocycles. The number of nitrogens with zero attached hydrogens (tertiary/aromatic N) is 2. The summed E-state index contributed by atoms with van der Waals surface area (Å²) in [5.74, 6) is -0.822. The third-order valence-corrected chi connectivity index (χ3v) is 6.60. The highest BCUT2D eigenvalue weighted by Crippen LogP contribution is 2.41. The van der Waals surface area contributed by atoms with E-state index < -0.39 is 17.7 Å². The molecule has 0 aliphatic carbocycles. The van der Waals surface area contributed by atoms with Crippen molar-refractivity contribution in [3.63, 3.8) is 0 Å². The Morgan fingerprint density at radius 1 is 1.19 bits per heavy atom. The van der Waals surface area contributed by atoms with Gasteiger partial charge in [-0.3, -0.25) is 14.5 Å². The van der Waals surface area contributed by atoms with Crippen LogP contribution in [-0.4, -0.2) is 73.1 Å². The number of Topliss-reactive ketones (excluding diaryl/α,β-unsaturated/α-hetero) is 1. The molecule has 2 aliphatic heterocycles. The minimum absolute atomic E-state index is 0.132. The van der Waals surface area contributed by atoms with E-state index in [0.717, 1.165) is 44.1 Å². The predicted octanol–water partition coefficient (Wildman–Crippen LogP) is 2.90. The van der Waals surface area contributed by atoms with Crippen molar-refractivity contribution >= 4 is 28.8 Å². The van der Waals surface area contributed by atoms with E-state index >= 15 is 0 Å². The SMILES string of the molecule is COc1cccc(/C(O)=C2\C(=O)C(=O)N(CCCN3CCOCC3)[C@@H]2c2cccs2)c1. The van der Waals surface area contributed by atoms with Crippen molar-refractivity contribution in [2.45, 2.75) is 12.5 Å². The van der Waals surface area contributed by atoms with Crippen molar-refractivity contribution < 1.29 is 24.2 Å². The van der Waals surface area contributed by atoms with Crippen molar-refractivity contribution in [1.82, 2.24) is 9.80 Å². The number of hydrogen-bond acceptors (Lipinski definition) is 7. The molecule has 1 N–H and O–H groups in total. The van der Waals surface area contributed by atoms with Gasteiger partial charge >= 0.3 is 0 Å². The number of ether oxygens (including phenoxy) is 2. The first kappa shape index (κ1) is 21.5. The summed E-state index contributed by atoms with van der Waals surface area (Å²) in [5, 5.41) is 13.0. The normalized spacial score (nSPS) is 21.6. The molecule has 1 aromatic carbocycles. The third-order valence-electron chi connectivity index (χ3n) is 5.67. The fourth-order valence-electron chi connectivity index (χ4n) is 4.07. The lowest BCUT2D eigenvalue weighted by atomic mass is 9.99. The van der Waals surface area contributed by atoms with E-state index in [1.165, 1.54) is 18.4 Å². The van der Waals surface area contributed by atoms with Crippen LogP contribution in [0.15, 0.2) is 47.4 Å². The van der Waals surface area contributed by atoms with Gasteiger partial charge in [-0.25, -0.2) is 0 Å². The van der Waals surface area contributed by atoms with Crippen molar-refractivity contribution in [3.05, 3.63) is 57.8 Å². The number of rotatable bonds is 7. The number of benzene rings is 1. The van der Waals surface area contributed by atoms with Gasteiger partial charge in [0.1, 0.15) is 11.5 Å². The maximum Gasteiger partial charge on any atom is 0.295 e. The number of aliphatic hydroxyl groups is 1. The van der Waals surface area contributed by atoms with Crippen LogP contribution in [0.1, 0.15) is 22.9 Å². The molecule has 2 aliphatic rings. The summed E-state index contributed by atoms with van der Waals surface area (Å²) >= 11 is 1.47. The lowest BCUT2D eigenvalue weighted by Crippen LogP contribution is -2.38. The Balaban J connectivity index is 1.63. The quantitative estimate of drug-likeness (QED) is 0.404. The summed E-state index contributed by atoms with van der Waals surface area (Å²) in [6.07, 6.45) is 0.744. The Morgan fingerprint density at radius 2 is 2.00 bits per heavy atom. The van der Waals surface area contributed by atoms with Gasteiger partial charge in [0.25, 0.3) is 11.7 Å². The zero-order valence-electron chi connectivity index (χ0n) is 17.5. The minimum Gasteiger partial charge on any atom is -0.507 e.